The van der Waals surface area contributed by atoms with Crippen molar-refractivity contribution >= 4 is 17.3 Å². The molecular weight excluding hydrogens is 334 g/mol. The third kappa shape index (κ3) is 4.60. The zero-order chi connectivity index (χ0) is 18.4. The summed E-state index contributed by atoms with van der Waals surface area (Å²) >= 11 is 0. The molecule has 0 aromatic heterocycles. The van der Waals surface area contributed by atoms with Crippen LogP contribution in [0.4, 0.5) is 20.2 Å². The number of halogens is 2. The van der Waals surface area contributed by atoms with Gasteiger partial charge in [0, 0.05) is 17.7 Å². The van der Waals surface area contributed by atoms with Gasteiger partial charge in [0.2, 0.25) is 0 Å². The number of nitrogens with one attached hydrogen (secondary N) is 1. The van der Waals surface area contributed by atoms with Gasteiger partial charge in [-0.1, -0.05) is 12.1 Å². The summed E-state index contributed by atoms with van der Waals surface area (Å²) in [6, 6.07) is 7.10. The molecule has 0 spiro atoms. The average Bonchev–Trinajstić information content (AvgIpc) is 2.57. The Labute approximate surface area is 141 Å². The van der Waals surface area contributed by atoms with Crippen molar-refractivity contribution in [3.05, 3.63) is 76.4 Å². The number of hydrogen-bond acceptors (Lipinski definition) is 4. The van der Waals surface area contributed by atoms with E-state index < -0.39 is 34.8 Å². The molecule has 2 rings (SSSR count). The van der Waals surface area contributed by atoms with Gasteiger partial charge in [-0.2, -0.15) is 0 Å². The largest absolute Gasteiger partial charge is 0.483 e. The molecule has 0 aliphatic carbocycles. The number of rotatable bonds is 7. The topological polar surface area (TPSA) is 81.5 Å². The van der Waals surface area contributed by atoms with Crippen molar-refractivity contribution in [2.45, 2.75) is 6.42 Å². The van der Waals surface area contributed by atoms with Gasteiger partial charge in [-0.05, 0) is 24.6 Å². The minimum absolute atomic E-state index is 0.123. The summed E-state index contributed by atoms with van der Waals surface area (Å²) < 4.78 is 32.3. The predicted molar refractivity (Wildman–Crippen MR) is 87.5 cm³/mol. The Hall–Kier alpha value is -3.29. The lowest BCUT2D eigenvalue weighted by atomic mass is 10.1. The lowest BCUT2D eigenvalue weighted by molar-refractivity contribution is -0.384. The van der Waals surface area contributed by atoms with Crippen LogP contribution in [-0.2, 0) is 11.2 Å². The molecule has 0 fully saturated rings. The molecule has 0 aliphatic rings. The second kappa shape index (κ2) is 8.00. The summed E-state index contributed by atoms with van der Waals surface area (Å²) in [5.74, 6) is -2.34. The van der Waals surface area contributed by atoms with Crippen LogP contribution in [0.2, 0.25) is 0 Å². The Morgan fingerprint density at radius 2 is 1.96 bits per heavy atom. The number of amides is 1. The molecule has 0 saturated heterocycles. The first-order chi connectivity index (χ1) is 11.9. The molecule has 6 nitrogen and oxygen atoms in total. The van der Waals surface area contributed by atoms with Crippen LogP contribution < -0.4 is 10.1 Å². The third-order valence-electron chi connectivity index (χ3n) is 3.21. The summed E-state index contributed by atoms with van der Waals surface area (Å²) in [7, 11) is 0. The molecule has 0 aliphatic heterocycles. The summed E-state index contributed by atoms with van der Waals surface area (Å²) in [6.45, 7) is 3.04. The highest BCUT2D eigenvalue weighted by atomic mass is 19.1. The van der Waals surface area contributed by atoms with Crippen molar-refractivity contribution < 1.29 is 23.2 Å². The maximum Gasteiger partial charge on any atom is 0.269 e. The molecule has 130 valence electrons. The van der Waals surface area contributed by atoms with Gasteiger partial charge in [0.15, 0.2) is 6.61 Å². The van der Waals surface area contributed by atoms with Crippen molar-refractivity contribution in [1.29, 1.82) is 0 Å². The van der Waals surface area contributed by atoms with E-state index in [-0.39, 0.29) is 11.4 Å². The van der Waals surface area contributed by atoms with Crippen molar-refractivity contribution in [3.63, 3.8) is 0 Å². The molecule has 0 radical (unpaired) electrons. The Balaban J connectivity index is 2.08. The van der Waals surface area contributed by atoms with Crippen LogP contribution in [0, 0.1) is 21.7 Å². The van der Waals surface area contributed by atoms with Crippen LogP contribution in [-0.4, -0.2) is 17.4 Å². The fourth-order valence-electron chi connectivity index (χ4n) is 2.07. The van der Waals surface area contributed by atoms with Crippen LogP contribution >= 0.6 is 0 Å². The smallest absolute Gasteiger partial charge is 0.269 e. The fourth-order valence-corrected chi connectivity index (χ4v) is 2.07. The summed E-state index contributed by atoms with van der Waals surface area (Å²) in [5, 5.41) is 12.9. The van der Waals surface area contributed by atoms with E-state index in [9.17, 15) is 23.7 Å². The molecule has 0 saturated carbocycles. The van der Waals surface area contributed by atoms with Gasteiger partial charge in [-0.3, -0.25) is 14.9 Å². The summed E-state index contributed by atoms with van der Waals surface area (Å²) in [5.41, 5.74) is -0.220. The zero-order valence-electron chi connectivity index (χ0n) is 13.0. The number of nitro benzene ring substituents is 1. The van der Waals surface area contributed by atoms with Gasteiger partial charge in [0.1, 0.15) is 23.1 Å². The minimum Gasteiger partial charge on any atom is -0.483 e. The van der Waals surface area contributed by atoms with E-state index in [0.29, 0.717) is 12.0 Å². The number of non-ortho nitro benzene ring substituents is 1. The normalized spacial score (nSPS) is 10.2. The summed E-state index contributed by atoms with van der Waals surface area (Å²) in [6.07, 6.45) is 1.82. The van der Waals surface area contributed by atoms with E-state index in [0.717, 1.165) is 12.1 Å². The lowest BCUT2D eigenvalue weighted by Crippen LogP contribution is -2.21. The highest BCUT2D eigenvalue weighted by Gasteiger charge is 2.15. The number of carbonyl (C=O) groups is 1. The lowest BCUT2D eigenvalue weighted by Gasteiger charge is -2.11. The Kier molecular flexibility index (Phi) is 5.78. The molecule has 0 heterocycles. The van der Waals surface area contributed by atoms with Gasteiger partial charge in [0.05, 0.1) is 4.92 Å². The van der Waals surface area contributed by atoms with Crippen LogP contribution in [0.3, 0.4) is 0 Å². The van der Waals surface area contributed by atoms with E-state index in [1.807, 2.05) is 0 Å². The molecule has 0 atom stereocenters. The van der Waals surface area contributed by atoms with Crippen molar-refractivity contribution in [2.75, 3.05) is 11.9 Å². The highest BCUT2D eigenvalue weighted by Crippen LogP contribution is 2.25. The van der Waals surface area contributed by atoms with Crippen molar-refractivity contribution in [3.8, 4) is 5.75 Å². The summed E-state index contributed by atoms with van der Waals surface area (Å²) in [4.78, 5) is 22.1. The van der Waals surface area contributed by atoms with E-state index in [1.54, 1.807) is 0 Å². The molecule has 2 aromatic rings. The Morgan fingerprint density at radius 1 is 1.28 bits per heavy atom. The van der Waals surface area contributed by atoms with E-state index in [4.69, 9.17) is 4.74 Å². The highest BCUT2D eigenvalue weighted by molar-refractivity contribution is 5.92. The first kappa shape index (κ1) is 18.1. The second-order valence-corrected chi connectivity index (χ2v) is 4.98. The van der Waals surface area contributed by atoms with E-state index >= 15 is 0 Å². The van der Waals surface area contributed by atoms with E-state index in [2.05, 4.69) is 11.9 Å². The number of para-hydroxylation sites is 1. The van der Waals surface area contributed by atoms with Crippen LogP contribution in [0.5, 0.6) is 5.75 Å². The number of nitro groups is 1. The van der Waals surface area contributed by atoms with Crippen LogP contribution in [0.15, 0.2) is 49.1 Å². The molecular formula is C17H14F2N2O4. The first-order valence-corrected chi connectivity index (χ1v) is 7.17. The van der Waals surface area contributed by atoms with Gasteiger partial charge in [-0.15, -0.1) is 6.58 Å². The SMILES string of the molecule is C=CCc1cc([N+](=O)[O-])ccc1OCC(=O)Nc1c(F)cccc1F. The fraction of sp³-hybridized carbons (Fsp3) is 0.118. The van der Waals surface area contributed by atoms with Gasteiger partial charge in [-0.25, -0.2) is 8.78 Å². The maximum absolute atomic E-state index is 13.5. The van der Waals surface area contributed by atoms with Gasteiger partial charge < -0.3 is 10.1 Å². The third-order valence-corrected chi connectivity index (χ3v) is 3.21. The standard InChI is InChI=1S/C17H14F2N2O4/c1-2-4-11-9-12(21(23)24)7-8-15(11)25-10-16(22)20-17-13(18)5-3-6-14(17)19/h2-3,5-9H,1,4,10H2,(H,20,22). The molecule has 25 heavy (non-hydrogen) atoms. The number of ether oxygens (including phenoxy) is 1. The number of carbonyl (C=O) groups excluding carboxylic acids is 1. The van der Waals surface area contributed by atoms with Crippen molar-refractivity contribution in [2.24, 2.45) is 0 Å². The van der Waals surface area contributed by atoms with Crippen LogP contribution in [0.1, 0.15) is 5.56 Å². The Bertz CT molecular complexity index is 804. The minimum atomic E-state index is -0.906. The van der Waals surface area contributed by atoms with E-state index in [1.165, 1.54) is 30.3 Å². The number of anilines is 1. The average molecular weight is 348 g/mol. The number of benzene rings is 2. The maximum atomic E-state index is 13.5. The number of nitrogens with zero attached hydrogens (tertiary/aromatic N) is 1. The molecule has 0 bridgehead atoms. The second-order valence-electron chi connectivity index (χ2n) is 4.98. The number of allylic oxidation sites excluding steroid dienone is 1. The molecule has 0 unspecified atom stereocenters. The molecule has 1 amide bonds. The van der Waals surface area contributed by atoms with Gasteiger partial charge >= 0.3 is 0 Å². The monoisotopic (exact) mass is 348 g/mol. The first-order valence-electron chi connectivity index (χ1n) is 7.17. The molecule has 1 N–H and O–H groups in total. The van der Waals surface area contributed by atoms with Crippen LogP contribution in [0.25, 0.3) is 0 Å². The quantitative estimate of drug-likeness (QED) is 0.471. The van der Waals surface area contributed by atoms with Gasteiger partial charge in [0.25, 0.3) is 11.6 Å². The Morgan fingerprint density at radius 3 is 2.56 bits per heavy atom. The van der Waals surface area contributed by atoms with Crippen molar-refractivity contribution in [1.82, 2.24) is 0 Å². The number of hydrogen-bond donors (Lipinski definition) is 1. The molecule has 8 heteroatoms. The molecule has 2 aromatic carbocycles. The zero-order valence-corrected chi connectivity index (χ0v) is 13.0. The predicted octanol–water partition coefficient (Wildman–Crippen LogP) is 3.62.